The van der Waals surface area contributed by atoms with Crippen molar-refractivity contribution in [3.05, 3.63) is 0 Å². The van der Waals surface area contributed by atoms with E-state index in [4.69, 9.17) is 0 Å². The van der Waals surface area contributed by atoms with Crippen molar-refractivity contribution < 1.29 is 0 Å². The minimum absolute atomic E-state index is 0.510. The van der Waals surface area contributed by atoms with E-state index in [1.165, 1.54) is 25.8 Å². The van der Waals surface area contributed by atoms with E-state index in [9.17, 15) is 0 Å². The van der Waals surface area contributed by atoms with Crippen LogP contribution in [0.5, 0.6) is 0 Å². The van der Waals surface area contributed by atoms with Gasteiger partial charge in [0, 0.05) is 6.04 Å². The van der Waals surface area contributed by atoms with Gasteiger partial charge in [-0.1, -0.05) is 20.3 Å². The Labute approximate surface area is 64.2 Å². The first-order chi connectivity index (χ1) is 4.63. The van der Waals surface area contributed by atoms with Crippen LogP contribution >= 0.6 is 0 Å². The Morgan fingerprint density at radius 3 is 2.70 bits per heavy atom. The van der Waals surface area contributed by atoms with Crippen molar-refractivity contribution in [1.82, 2.24) is 5.32 Å². The maximum absolute atomic E-state index is 3.53. The molecule has 1 N–H and O–H groups in total. The minimum atomic E-state index is 0.510. The lowest BCUT2D eigenvalue weighted by atomic mass is 9.82. The summed E-state index contributed by atoms with van der Waals surface area (Å²) in [4.78, 5) is 0. The van der Waals surface area contributed by atoms with Gasteiger partial charge in [0.2, 0.25) is 0 Å². The molecule has 0 aromatic carbocycles. The van der Waals surface area contributed by atoms with Crippen molar-refractivity contribution in [2.45, 2.75) is 46.1 Å². The van der Waals surface area contributed by atoms with Crippen molar-refractivity contribution in [3.8, 4) is 0 Å². The molecule has 0 aromatic rings. The molecule has 1 rings (SSSR count). The van der Waals surface area contributed by atoms with Crippen LogP contribution in [0.2, 0.25) is 0 Å². The molecule has 0 spiro atoms. The van der Waals surface area contributed by atoms with Crippen molar-refractivity contribution >= 4 is 0 Å². The van der Waals surface area contributed by atoms with Gasteiger partial charge in [-0.15, -0.1) is 0 Å². The SMILES string of the molecule is CC1NCCCCC1(C)C. The van der Waals surface area contributed by atoms with E-state index in [0.29, 0.717) is 11.5 Å². The highest BCUT2D eigenvalue weighted by atomic mass is 14.9. The average Bonchev–Trinajstić information content (AvgIpc) is 1.96. The molecule has 0 saturated carbocycles. The number of hydrogen-bond acceptors (Lipinski definition) is 1. The lowest BCUT2D eigenvalue weighted by Gasteiger charge is -2.29. The maximum Gasteiger partial charge on any atom is 0.00899 e. The fourth-order valence-electron chi connectivity index (χ4n) is 1.52. The molecular weight excluding hydrogens is 122 g/mol. The molecule has 0 aliphatic carbocycles. The molecular formula is C9H19N. The third-order valence-corrected chi connectivity index (χ3v) is 2.87. The van der Waals surface area contributed by atoms with Gasteiger partial charge in [-0.2, -0.15) is 0 Å². The minimum Gasteiger partial charge on any atom is -0.314 e. The van der Waals surface area contributed by atoms with Gasteiger partial charge in [-0.05, 0) is 31.7 Å². The summed E-state index contributed by atoms with van der Waals surface area (Å²) in [5, 5.41) is 3.53. The van der Waals surface area contributed by atoms with Gasteiger partial charge in [-0.3, -0.25) is 0 Å². The topological polar surface area (TPSA) is 12.0 Å². The van der Waals surface area contributed by atoms with Gasteiger partial charge in [0.25, 0.3) is 0 Å². The maximum atomic E-state index is 3.53. The summed E-state index contributed by atoms with van der Waals surface area (Å²) in [6.45, 7) is 8.22. The summed E-state index contributed by atoms with van der Waals surface area (Å²) in [6.07, 6.45) is 4.12. The summed E-state index contributed by atoms with van der Waals surface area (Å²) in [6, 6.07) is 0.690. The molecule has 0 aromatic heterocycles. The van der Waals surface area contributed by atoms with E-state index in [0.717, 1.165) is 0 Å². The standard InChI is InChI=1S/C9H19N/c1-8-9(2,3)6-4-5-7-10-8/h8,10H,4-7H2,1-3H3. The van der Waals surface area contributed by atoms with Crippen LogP contribution in [0.3, 0.4) is 0 Å². The van der Waals surface area contributed by atoms with Crippen LogP contribution in [0.4, 0.5) is 0 Å². The molecule has 10 heavy (non-hydrogen) atoms. The zero-order valence-electron chi connectivity index (χ0n) is 7.41. The number of rotatable bonds is 0. The second-order valence-corrected chi connectivity index (χ2v) is 4.12. The molecule has 1 unspecified atom stereocenters. The Hall–Kier alpha value is -0.0400. The molecule has 0 radical (unpaired) electrons. The molecule has 1 saturated heterocycles. The Kier molecular flexibility index (Phi) is 2.35. The van der Waals surface area contributed by atoms with E-state index in [1.807, 2.05) is 0 Å². The fraction of sp³-hybridized carbons (Fsp3) is 1.00. The summed E-state index contributed by atoms with van der Waals surface area (Å²) < 4.78 is 0. The molecule has 1 aliphatic heterocycles. The Bertz CT molecular complexity index is 107. The van der Waals surface area contributed by atoms with Crippen molar-refractivity contribution in [2.75, 3.05) is 6.54 Å². The molecule has 1 heteroatoms. The van der Waals surface area contributed by atoms with Gasteiger partial charge in [0.1, 0.15) is 0 Å². The molecule has 1 heterocycles. The van der Waals surface area contributed by atoms with Crippen LogP contribution in [0.1, 0.15) is 40.0 Å². The van der Waals surface area contributed by atoms with Crippen LogP contribution in [0.15, 0.2) is 0 Å². The third kappa shape index (κ3) is 1.72. The Balaban J connectivity index is 2.52. The number of nitrogens with one attached hydrogen (secondary N) is 1. The van der Waals surface area contributed by atoms with E-state index < -0.39 is 0 Å². The molecule has 1 nitrogen and oxygen atoms in total. The van der Waals surface area contributed by atoms with Crippen molar-refractivity contribution in [3.63, 3.8) is 0 Å². The van der Waals surface area contributed by atoms with Gasteiger partial charge >= 0.3 is 0 Å². The lowest BCUT2D eigenvalue weighted by molar-refractivity contribution is 0.257. The largest absolute Gasteiger partial charge is 0.314 e. The van der Waals surface area contributed by atoms with Gasteiger partial charge in [0.05, 0.1) is 0 Å². The first-order valence-corrected chi connectivity index (χ1v) is 4.36. The summed E-state index contributed by atoms with van der Waals surface area (Å²) in [7, 11) is 0. The van der Waals surface area contributed by atoms with Crippen LogP contribution in [0, 0.1) is 5.41 Å². The van der Waals surface area contributed by atoms with E-state index >= 15 is 0 Å². The monoisotopic (exact) mass is 141 g/mol. The zero-order chi connectivity index (χ0) is 7.61. The highest BCUT2D eigenvalue weighted by Crippen LogP contribution is 2.29. The summed E-state index contributed by atoms with van der Waals surface area (Å²) >= 11 is 0. The Morgan fingerprint density at radius 1 is 1.30 bits per heavy atom. The Morgan fingerprint density at radius 2 is 2.00 bits per heavy atom. The fourth-order valence-corrected chi connectivity index (χ4v) is 1.52. The molecule has 1 aliphatic rings. The lowest BCUT2D eigenvalue weighted by Crippen LogP contribution is -2.37. The highest BCUT2D eigenvalue weighted by molar-refractivity contribution is 4.82. The first kappa shape index (κ1) is 8.06. The molecule has 0 amide bonds. The van der Waals surface area contributed by atoms with E-state index in [2.05, 4.69) is 26.1 Å². The molecule has 0 bridgehead atoms. The highest BCUT2D eigenvalue weighted by Gasteiger charge is 2.26. The normalized spacial score (nSPS) is 33.3. The molecule has 60 valence electrons. The summed E-state index contributed by atoms with van der Waals surface area (Å²) in [5.74, 6) is 0. The van der Waals surface area contributed by atoms with Crippen LogP contribution in [-0.4, -0.2) is 12.6 Å². The van der Waals surface area contributed by atoms with Crippen molar-refractivity contribution in [2.24, 2.45) is 5.41 Å². The average molecular weight is 141 g/mol. The quantitative estimate of drug-likeness (QED) is 0.545. The third-order valence-electron chi connectivity index (χ3n) is 2.87. The predicted molar refractivity (Wildman–Crippen MR) is 45.1 cm³/mol. The van der Waals surface area contributed by atoms with E-state index in [1.54, 1.807) is 0 Å². The summed E-state index contributed by atoms with van der Waals surface area (Å²) in [5.41, 5.74) is 0.510. The van der Waals surface area contributed by atoms with Crippen LogP contribution in [-0.2, 0) is 0 Å². The van der Waals surface area contributed by atoms with E-state index in [-0.39, 0.29) is 0 Å². The van der Waals surface area contributed by atoms with Gasteiger partial charge in [-0.25, -0.2) is 0 Å². The first-order valence-electron chi connectivity index (χ1n) is 4.36. The molecule has 1 atom stereocenters. The molecule has 1 fully saturated rings. The van der Waals surface area contributed by atoms with Crippen LogP contribution < -0.4 is 5.32 Å². The smallest absolute Gasteiger partial charge is 0.00899 e. The van der Waals surface area contributed by atoms with Crippen molar-refractivity contribution in [1.29, 1.82) is 0 Å². The second-order valence-electron chi connectivity index (χ2n) is 4.12. The number of hydrogen-bond donors (Lipinski definition) is 1. The van der Waals surface area contributed by atoms with Crippen LogP contribution in [0.25, 0.3) is 0 Å². The van der Waals surface area contributed by atoms with Gasteiger partial charge in [0.15, 0.2) is 0 Å². The zero-order valence-corrected chi connectivity index (χ0v) is 7.41. The van der Waals surface area contributed by atoms with Gasteiger partial charge < -0.3 is 5.32 Å². The second kappa shape index (κ2) is 2.91. The predicted octanol–water partition coefficient (Wildman–Crippen LogP) is 2.17.